The van der Waals surface area contributed by atoms with Gasteiger partial charge in [-0.15, -0.1) is 0 Å². The van der Waals surface area contributed by atoms with Crippen LogP contribution in [-0.4, -0.2) is 358 Å². The maximum Gasteiger partial charge on any atom is 0.245 e. The number of fused-ring (bicyclic) bond motifs is 3. The van der Waals surface area contributed by atoms with Crippen LogP contribution < -0.4 is 29.2 Å². The van der Waals surface area contributed by atoms with Gasteiger partial charge in [0.25, 0.3) is 0 Å². The average molecular weight is 2160 g/mol. The van der Waals surface area contributed by atoms with Crippen molar-refractivity contribution >= 4 is 148 Å². The van der Waals surface area contributed by atoms with E-state index >= 15 is 0 Å². The van der Waals surface area contributed by atoms with Gasteiger partial charge in [0.2, 0.25) is 85.5 Å². The van der Waals surface area contributed by atoms with E-state index in [1.165, 1.54) is 88.3 Å². The van der Waals surface area contributed by atoms with Crippen molar-refractivity contribution in [2.45, 2.75) is 44.9 Å². The summed E-state index contributed by atoms with van der Waals surface area (Å²) in [5.41, 5.74) is 9.54. The van der Waals surface area contributed by atoms with Gasteiger partial charge in [-0.05, 0) is 150 Å². The molecule has 0 spiro atoms. The Labute approximate surface area is 877 Å². The second kappa shape index (κ2) is 45.3. The fraction of sp³-hybridized carbons (Fsp3) is 0.371. The fourth-order valence-corrected chi connectivity index (χ4v) is 28.1. The third-order valence-electron chi connectivity index (χ3n) is 29.2. The summed E-state index contributed by atoms with van der Waals surface area (Å²) in [5, 5.41) is 9.09. The van der Waals surface area contributed by atoms with Gasteiger partial charge in [0, 0.05) is 267 Å². The first-order valence-electron chi connectivity index (χ1n) is 50.0. The van der Waals surface area contributed by atoms with Crippen LogP contribution in [0.2, 0.25) is 5.15 Å². The van der Waals surface area contributed by atoms with E-state index in [-0.39, 0.29) is 160 Å². The van der Waals surface area contributed by atoms with Crippen LogP contribution >= 0.6 is 11.6 Å². The molecule has 23 rings (SSSR count). The second-order valence-corrected chi connectivity index (χ2v) is 48.6. The van der Waals surface area contributed by atoms with Crippen LogP contribution in [0.25, 0.3) is 21.8 Å². The molecule has 12 aromatic rings. The standard InChI is InChI=1S/C24H26N4O3S.C22H24N4O3S.C20H22N6O4S.C20H24N4O4S.C19H21ClN4O3S/c1-18-5-2-3-7-22(18)26-11-13-27(14-12-26)24(29)20-16-28(17-20)32(30,31)23-8-4-6-19-15-25-10-9-21(19)23;27-22(25-10-8-24(9-11-25)20-4-2-1-3-5-20)19-15-26(16-19)30(28,29)21-7-6-17-13-23-14-18(17)12-21;1-14-5-6-18(21-11-14)24-7-9-25(10-8-24)20(27)15-12-26(13-15)31(28,29)17-4-2-3-16-19(17)23-30-22-16;1-28-19-8-7-18(13-21-19)29(26,27)24-14-16(15-24)20(25)23-11-9-22(10-12-23)17-5-3-2-4-6-17;20-18-7-6-17(12-21-18)28(26,27)24-13-15(14-24)19(25)23-10-8-22(9-11-23)16-4-2-1-3-5-16/h2-10,15,20H,11-14,16-17H2,1H3;1-7,12-13,19H,8-11,14-16H2;2-6,11,15H,7-10,12-13H2,1H3;2-8,13,16H,9-12,14-15H2,1H3;1-7,12,15H,8-11,13-14H2. The molecule has 0 bridgehead atoms. The summed E-state index contributed by atoms with van der Waals surface area (Å²) in [4.78, 5) is 106. The quantitative estimate of drug-likeness (QED) is 0.0620. The number of ether oxygens (including phenoxy) is 1. The topological polar surface area (TPSA) is 417 Å². The number of amides is 5. The lowest BCUT2D eigenvalue weighted by atomic mass is 10.0. The Morgan fingerprint density at radius 1 is 0.360 bits per heavy atom. The Hall–Kier alpha value is -13.5. The van der Waals surface area contributed by atoms with E-state index in [1.807, 2.05) is 123 Å². The molecule has 0 saturated carbocycles. The lowest BCUT2D eigenvalue weighted by molar-refractivity contribution is -0.140. The third-order valence-corrected chi connectivity index (χ3v) is 38.7. The van der Waals surface area contributed by atoms with Gasteiger partial charge in [0.1, 0.15) is 31.2 Å². The maximum atomic E-state index is 13.2. The van der Waals surface area contributed by atoms with Crippen molar-refractivity contribution in [3.8, 4) is 5.88 Å². The number of rotatable bonds is 21. The number of aromatic nitrogens is 6. The summed E-state index contributed by atoms with van der Waals surface area (Å²) < 4.78 is 145. The van der Waals surface area contributed by atoms with Crippen molar-refractivity contribution in [2.24, 2.45) is 34.6 Å². The number of hydrogen-bond acceptors (Lipinski definition) is 29. The number of aliphatic imine (C=N–C) groups is 1. The van der Waals surface area contributed by atoms with Gasteiger partial charge in [-0.25, -0.2) is 61.7 Å². The Bertz CT molecular complexity index is 7510. The van der Waals surface area contributed by atoms with Crippen molar-refractivity contribution in [1.29, 1.82) is 0 Å². The monoisotopic (exact) mass is 2150 g/mol. The van der Waals surface area contributed by atoms with Crippen LogP contribution in [0.5, 0.6) is 5.88 Å². The number of para-hydroxylation sites is 4. The number of sulfonamides is 5. The molecule has 10 saturated heterocycles. The van der Waals surface area contributed by atoms with Crippen molar-refractivity contribution < 1.29 is 75.4 Å². The molecule has 39 nitrogen and oxygen atoms in total. The fourth-order valence-electron chi connectivity index (χ4n) is 20.0. The van der Waals surface area contributed by atoms with Crippen LogP contribution in [0.4, 0.5) is 28.6 Å². The lowest BCUT2D eigenvalue weighted by Gasteiger charge is -2.42. The molecule has 16 heterocycles. The van der Waals surface area contributed by atoms with Crippen molar-refractivity contribution in [3.63, 3.8) is 0 Å². The first-order chi connectivity index (χ1) is 72.3. The van der Waals surface area contributed by atoms with E-state index in [0.29, 0.717) is 102 Å². The number of piperazine rings is 5. The molecule has 11 aliphatic rings. The highest BCUT2D eigenvalue weighted by Gasteiger charge is 2.49. The predicted molar refractivity (Wildman–Crippen MR) is 566 cm³/mol. The van der Waals surface area contributed by atoms with E-state index < -0.39 is 50.1 Å². The number of carbonyl (C=O) groups excluding carboxylic acids is 5. The van der Waals surface area contributed by atoms with E-state index in [0.717, 1.165) is 91.6 Å². The highest BCUT2D eigenvalue weighted by molar-refractivity contribution is 7.90. The number of methoxy groups -OCH3 is 1. The van der Waals surface area contributed by atoms with Crippen LogP contribution in [-0.2, 0) is 80.6 Å². The van der Waals surface area contributed by atoms with E-state index in [9.17, 15) is 66.1 Å². The van der Waals surface area contributed by atoms with Gasteiger partial charge >= 0.3 is 0 Å². The molecule has 45 heteroatoms. The number of aryl methyl sites for hydroxylation is 2. The van der Waals surface area contributed by atoms with Gasteiger partial charge < -0.3 is 53.7 Å². The van der Waals surface area contributed by atoms with Gasteiger partial charge in [-0.2, -0.15) is 21.5 Å². The molecule has 5 amide bonds. The van der Waals surface area contributed by atoms with Crippen LogP contribution in [0.15, 0.2) is 277 Å². The van der Waals surface area contributed by atoms with Crippen LogP contribution in [0, 0.1) is 43.4 Å². The van der Waals surface area contributed by atoms with E-state index in [1.54, 1.807) is 67.1 Å². The SMILES string of the molecule is COc1ccc(S(=O)(=O)N2CC(C(=O)N3CCN(c4ccccc4)CC3)C2)cn1.Cc1ccc(N2CCN(C(=O)C3CN(S(=O)(=O)c4cccc5nonc45)C3)CC2)nc1.Cc1ccccc1N1CCN(C(=O)C2CN(S(=O)(=O)c3cccc4cnccc34)C2)CC1.O=C(C1CN(S(=O)(=O)c2ccc(Cl)nc2)C1)N1CCN(c2ccccc2)CC1.O=C(C1CN(S(=O)(=O)c2ccc3c(c2)CN=C3)C1)N1CCN(c2ccccc2)CC1. The Kier molecular flexibility index (Phi) is 31.7. The molecule has 10 fully saturated rings. The van der Waals surface area contributed by atoms with Crippen molar-refractivity contribution in [3.05, 3.63) is 271 Å². The highest BCUT2D eigenvalue weighted by Crippen LogP contribution is 2.38. The maximum absolute atomic E-state index is 13.2. The Balaban J connectivity index is 0.000000118. The molecule has 11 aliphatic heterocycles. The minimum Gasteiger partial charge on any atom is -0.481 e. The number of nitrogens with zero attached hydrogens (tertiary/aromatic N) is 22. The summed E-state index contributed by atoms with van der Waals surface area (Å²) in [5.74, 6) is 0.0675. The number of pyridine rings is 4. The normalized spacial score (nSPS) is 18.6. The molecule has 786 valence electrons. The van der Waals surface area contributed by atoms with Gasteiger partial charge in [-0.3, -0.25) is 33.9 Å². The summed E-state index contributed by atoms with van der Waals surface area (Å²) in [6, 6.07) is 65.4. The molecule has 0 atom stereocenters. The Morgan fingerprint density at radius 3 is 1.20 bits per heavy atom. The molecular weight excluding hydrogens is 2040 g/mol. The van der Waals surface area contributed by atoms with Crippen molar-refractivity contribution in [1.82, 2.24) is 76.3 Å². The third kappa shape index (κ3) is 22.9. The summed E-state index contributed by atoms with van der Waals surface area (Å²) in [7, 11) is -16.8. The van der Waals surface area contributed by atoms with Gasteiger partial charge in [-0.1, -0.05) is 115 Å². The minimum atomic E-state index is -3.76. The summed E-state index contributed by atoms with van der Waals surface area (Å²) in [6.07, 6.45) is 9.39. The molecule has 0 radical (unpaired) electrons. The number of anilines is 5. The van der Waals surface area contributed by atoms with Gasteiger partial charge in [0.15, 0.2) is 5.52 Å². The largest absolute Gasteiger partial charge is 0.481 e. The van der Waals surface area contributed by atoms with Crippen molar-refractivity contribution in [2.75, 3.05) is 228 Å². The molecule has 0 unspecified atom stereocenters. The first kappa shape index (κ1) is 105. The molecule has 150 heavy (non-hydrogen) atoms. The second-order valence-electron chi connectivity index (χ2n) is 38.6. The molecular formula is C105H117ClN22O17S5. The highest BCUT2D eigenvalue weighted by atomic mass is 35.5. The number of hydrogen-bond donors (Lipinski definition) is 0. The minimum absolute atomic E-state index is 0.00396. The smallest absolute Gasteiger partial charge is 0.245 e. The molecule has 7 aromatic carbocycles. The van der Waals surface area contributed by atoms with Crippen LogP contribution in [0.3, 0.4) is 0 Å². The number of halogens is 1. The summed E-state index contributed by atoms with van der Waals surface area (Å²) in [6.45, 7) is 20.9. The zero-order valence-corrected chi connectivity index (χ0v) is 88.0. The number of carbonyl (C=O) groups is 5. The zero-order chi connectivity index (χ0) is 105. The molecule has 0 aliphatic carbocycles. The first-order valence-corrected chi connectivity index (χ1v) is 57.5. The van der Waals surface area contributed by atoms with Gasteiger partial charge in [0.05, 0.1) is 59.2 Å². The average Bonchev–Trinajstić information content (AvgIpc) is 1.45. The Morgan fingerprint density at radius 2 is 0.767 bits per heavy atom. The zero-order valence-electron chi connectivity index (χ0n) is 83.2. The molecule has 5 aromatic heterocycles. The number of benzene rings is 7. The summed E-state index contributed by atoms with van der Waals surface area (Å²) >= 11 is 5.72. The van der Waals surface area contributed by atoms with Crippen LogP contribution in [0.1, 0.15) is 22.3 Å². The van der Waals surface area contributed by atoms with E-state index in [4.69, 9.17) is 16.3 Å². The predicted octanol–water partition coefficient (Wildman–Crippen LogP) is 7.76. The van der Waals surface area contributed by atoms with E-state index in [2.05, 4.69) is 120 Å². The lowest BCUT2D eigenvalue weighted by Crippen LogP contribution is -2.59. The molecule has 0 N–H and O–H groups in total.